The zero-order chi connectivity index (χ0) is 15.3. The average Bonchev–Trinajstić information content (AvgIpc) is 2.54. The van der Waals surface area contributed by atoms with Gasteiger partial charge in [-0.3, -0.25) is 4.79 Å². The third-order valence-corrected chi connectivity index (χ3v) is 4.93. The Hall–Kier alpha value is -1.35. The van der Waals surface area contributed by atoms with Gasteiger partial charge in [0.15, 0.2) is 0 Å². The summed E-state index contributed by atoms with van der Waals surface area (Å²) in [5, 5.41) is 3.38. The molecule has 0 aliphatic carbocycles. The van der Waals surface area contributed by atoms with E-state index >= 15 is 0 Å². The molecular formula is C18H28N2O. The van der Waals surface area contributed by atoms with Gasteiger partial charge in [-0.05, 0) is 44.8 Å². The molecule has 0 saturated carbocycles. The van der Waals surface area contributed by atoms with E-state index in [0.717, 1.165) is 38.8 Å². The van der Waals surface area contributed by atoms with Crippen molar-refractivity contribution >= 4 is 5.91 Å². The molecule has 1 aromatic carbocycles. The van der Waals surface area contributed by atoms with Crippen LogP contribution in [0.3, 0.4) is 0 Å². The average molecular weight is 288 g/mol. The van der Waals surface area contributed by atoms with Crippen LogP contribution in [0.2, 0.25) is 0 Å². The molecule has 1 atom stereocenters. The fraction of sp³-hybridized carbons (Fsp3) is 0.611. The summed E-state index contributed by atoms with van der Waals surface area (Å²) >= 11 is 0. The van der Waals surface area contributed by atoms with E-state index in [1.807, 2.05) is 30.1 Å². The molecule has 1 amide bonds. The second kappa shape index (κ2) is 7.08. The number of amides is 1. The van der Waals surface area contributed by atoms with E-state index in [4.69, 9.17) is 0 Å². The molecule has 0 aromatic heterocycles. The highest BCUT2D eigenvalue weighted by Crippen LogP contribution is 2.37. The van der Waals surface area contributed by atoms with Gasteiger partial charge >= 0.3 is 0 Å². The number of rotatable bonds is 5. The first-order valence-electron chi connectivity index (χ1n) is 8.13. The second-order valence-corrected chi connectivity index (χ2v) is 6.28. The number of hydrogen-bond donors (Lipinski definition) is 1. The summed E-state index contributed by atoms with van der Waals surface area (Å²) in [6.45, 7) is 6.21. The highest BCUT2D eigenvalue weighted by molar-refractivity contribution is 5.83. The van der Waals surface area contributed by atoms with Crippen molar-refractivity contribution in [2.75, 3.05) is 20.1 Å². The minimum absolute atomic E-state index is 0.127. The number of hydrogen-bond acceptors (Lipinski definition) is 2. The van der Waals surface area contributed by atoms with Gasteiger partial charge in [-0.2, -0.15) is 0 Å². The molecule has 21 heavy (non-hydrogen) atoms. The van der Waals surface area contributed by atoms with Crippen molar-refractivity contribution < 1.29 is 4.79 Å². The number of nitrogens with zero attached hydrogens (tertiary/aromatic N) is 1. The number of piperidine rings is 1. The first-order chi connectivity index (χ1) is 10.1. The number of nitrogens with one attached hydrogen (secondary N) is 1. The molecule has 1 aliphatic rings. The smallest absolute Gasteiger partial charge is 0.229 e. The first-order valence-corrected chi connectivity index (χ1v) is 8.13. The maximum atomic E-state index is 13.1. The van der Waals surface area contributed by atoms with Gasteiger partial charge in [-0.1, -0.05) is 43.7 Å². The molecule has 3 nitrogen and oxygen atoms in total. The molecule has 0 radical (unpaired) electrons. The summed E-state index contributed by atoms with van der Waals surface area (Å²) in [4.78, 5) is 15.1. The van der Waals surface area contributed by atoms with E-state index in [9.17, 15) is 4.79 Å². The van der Waals surface area contributed by atoms with Crippen LogP contribution in [0.25, 0.3) is 0 Å². The third-order valence-electron chi connectivity index (χ3n) is 4.93. The Bertz CT molecular complexity index is 446. The van der Waals surface area contributed by atoms with Crippen LogP contribution in [-0.4, -0.2) is 30.9 Å². The molecule has 0 spiro atoms. The van der Waals surface area contributed by atoms with E-state index < -0.39 is 0 Å². The van der Waals surface area contributed by atoms with Crippen LogP contribution in [0.4, 0.5) is 0 Å². The van der Waals surface area contributed by atoms with Gasteiger partial charge in [0.1, 0.15) is 0 Å². The van der Waals surface area contributed by atoms with Crippen molar-refractivity contribution in [1.82, 2.24) is 10.2 Å². The Labute approximate surface area is 128 Å². The molecule has 3 heteroatoms. The molecular weight excluding hydrogens is 260 g/mol. The fourth-order valence-electron chi connectivity index (χ4n) is 3.46. The SMILES string of the molecule is CCCC1(C(=O)N(C)C(C)c2ccccc2)CCNCC1. The minimum atomic E-state index is -0.155. The van der Waals surface area contributed by atoms with E-state index in [1.54, 1.807) is 0 Å². The summed E-state index contributed by atoms with van der Waals surface area (Å²) in [5.74, 6) is 0.321. The van der Waals surface area contributed by atoms with Crippen molar-refractivity contribution in [1.29, 1.82) is 0 Å². The van der Waals surface area contributed by atoms with Crippen LogP contribution in [0.15, 0.2) is 30.3 Å². The fourth-order valence-corrected chi connectivity index (χ4v) is 3.46. The highest BCUT2D eigenvalue weighted by atomic mass is 16.2. The summed E-state index contributed by atoms with van der Waals surface area (Å²) in [7, 11) is 1.96. The van der Waals surface area contributed by atoms with Crippen LogP contribution in [0, 0.1) is 5.41 Å². The molecule has 1 unspecified atom stereocenters. The zero-order valence-corrected chi connectivity index (χ0v) is 13.6. The molecule has 1 aliphatic heterocycles. The Morgan fingerprint density at radius 3 is 2.48 bits per heavy atom. The van der Waals surface area contributed by atoms with Crippen LogP contribution >= 0.6 is 0 Å². The van der Waals surface area contributed by atoms with Gasteiger partial charge in [0.2, 0.25) is 5.91 Å². The van der Waals surface area contributed by atoms with Crippen LogP contribution in [-0.2, 0) is 4.79 Å². The van der Waals surface area contributed by atoms with Crippen LogP contribution in [0.1, 0.15) is 51.1 Å². The first kappa shape index (κ1) is 16.0. The molecule has 2 rings (SSSR count). The van der Waals surface area contributed by atoms with E-state index in [-0.39, 0.29) is 11.5 Å². The van der Waals surface area contributed by atoms with Crippen LogP contribution < -0.4 is 5.32 Å². The lowest BCUT2D eigenvalue weighted by atomic mass is 9.74. The maximum Gasteiger partial charge on any atom is 0.229 e. The third kappa shape index (κ3) is 3.46. The predicted octanol–water partition coefficient (Wildman–Crippen LogP) is 3.38. The lowest BCUT2D eigenvalue weighted by Crippen LogP contribution is -2.48. The highest BCUT2D eigenvalue weighted by Gasteiger charge is 2.41. The molecule has 1 heterocycles. The van der Waals surface area contributed by atoms with E-state index in [1.165, 1.54) is 5.56 Å². The standard InChI is InChI=1S/C18H28N2O/c1-4-10-18(11-13-19-14-12-18)17(21)20(3)15(2)16-8-6-5-7-9-16/h5-9,15,19H,4,10-14H2,1-3H3. The van der Waals surface area contributed by atoms with Crippen LogP contribution in [0.5, 0.6) is 0 Å². The molecule has 116 valence electrons. The number of carbonyl (C=O) groups is 1. The largest absolute Gasteiger partial charge is 0.339 e. The van der Waals surface area contributed by atoms with Crippen molar-refractivity contribution in [2.45, 2.75) is 45.6 Å². The van der Waals surface area contributed by atoms with Crippen molar-refractivity contribution in [3.63, 3.8) is 0 Å². The summed E-state index contributed by atoms with van der Waals surface area (Å²) in [6.07, 6.45) is 4.00. The predicted molar refractivity (Wildman–Crippen MR) is 87.1 cm³/mol. The van der Waals surface area contributed by atoms with Gasteiger partial charge in [-0.15, -0.1) is 0 Å². The van der Waals surface area contributed by atoms with Gasteiger partial charge in [-0.25, -0.2) is 0 Å². The topological polar surface area (TPSA) is 32.3 Å². The second-order valence-electron chi connectivity index (χ2n) is 6.28. The summed E-state index contributed by atoms with van der Waals surface area (Å²) in [6, 6.07) is 10.4. The van der Waals surface area contributed by atoms with Gasteiger partial charge in [0.25, 0.3) is 0 Å². The number of benzene rings is 1. The van der Waals surface area contributed by atoms with Crippen molar-refractivity contribution in [3.8, 4) is 0 Å². The van der Waals surface area contributed by atoms with Gasteiger partial charge in [0.05, 0.1) is 11.5 Å². The lowest BCUT2D eigenvalue weighted by molar-refractivity contribution is -0.145. The van der Waals surface area contributed by atoms with E-state index in [0.29, 0.717) is 5.91 Å². The van der Waals surface area contributed by atoms with Gasteiger partial charge in [0, 0.05) is 7.05 Å². The molecule has 1 fully saturated rings. The zero-order valence-electron chi connectivity index (χ0n) is 13.6. The lowest BCUT2D eigenvalue weighted by Gasteiger charge is -2.41. The summed E-state index contributed by atoms with van der Waals surface area (Å²) in [5.41, 5.74) is 1.05. The normalized spacial score (nSPS) is 19.0. The van der Waals surface area contributed by atoms with Crippen molar-refractivity contribution in [2.24, 2.45) is 5.41 Å². The quantitative estimate of drug-likeness (QED) is 0.901. The molecule has 1 N–H and O–H groups in total. The monoisotopic (exact) mass is 288 g/mol. The minimum Gasteiger partial charge on any atom is -0.339 e. The van der Waals surface area contributed by atoms with Gasteiger partial charge < -0.3 is 10.2 Å². The Morgan fingerprint density at radius 2 is 1.90 bits per heavy atom. The summed E-state index contributed by atoms with van der Waals surface area (Å²) < 4.78 is 0. The van der Waals surface area contributed by atoms with E-state index in [2.05, 4.69) is 31.3 Å². The Morgan fingerprint density at radius 1 is 1.29 bits per heavy atom. The number of carbonyl (C=O) groups excluding carboxylic acids is 1. The Balaban J connectivity index is 2.16. The molecule has 1 saturated heterocycles. The Kier molecular flexibility index (Phi) is 5.40. The molecule has 1 aromatic rings. The van der Waals surface area contributed by atoms with Crippen molar-refractivity contribution in [3.05, 3.63) is 35.9 Å². The molecule has 0 bridgehead atoms. The maximum absolute atomic E-state index is 13.1.